The highest BCUT2D eigenvalue weighted by molar-refractivity contribution is 5.79. The molecule has 0 bridgehead atoms. The van der Waals surface area contributed by atoms with Gasteiger partial charge in [0.1, 0.15) is 0 Å². The lowest BCUT2D eigenvalue weighted by Gasteiger charge is -2.24. The highest BCUT2D eigenvalue weighted by atomic mass is 16.5. The molecule has 1 amide bonds. The number of methoxy groups -OCH3 is 1. The first-order valence-corrected chi connectivity index (χ1v) is 6.05. The molecular formula is C12H23NO4. The lowest BCUT2D eigenvalue weighted by Crippen LogP contribution is -2.43. The standard InChI is InChI=1S/C12H23NO4/c1-9-6-10(7-17-9)11(14)13-8-12(2,15)4-5-16-3/h9-10,15H,4-8H2,1-3H3,(H,13,14). The van der Waals surface area contributed by atoms with Crippen LogP contribution in [0.2, 0.25) is 0 Å². The molecule has 0 aromatic rings. The van der Waals surface area contributed by atoms with Gasteiger partial charge in [-0.15, -0.1) is 0 Å². The zero-order valence-corrected chi connectivity index (χ0v) is 10.9. The number of carbonyl (C=O) groups excluding carboxylic acids is 1. The number of aliphatic hydroxyl groups is 1. The molecule has 17 heavy (non-hydrogen) atoms. The fourth-order valence-corrected chi connectivity index (χ4v) is 1.83. The number of hydrogen-bond acceptors (Lipinski definition) is 4. The summed E-state index contributed by atoms with van der Waals surface area (Å²) in [5.74, 6) is -0.115. The van der Waals surface area contributed by atoms with Crippen molar-refractivity contribution in [3.05, 3.63) is 0 Å². The van der Waals surface area contributed by atoms with Crippen molar-refractivity contribution >= 4 is 5.91 Å². The summed E-state index contributed by atoms with van der Waals surface area (Å²) in [5, 5.41) is 12.7. The smallest absolute Gasteiger partial charge is 0.225 e. The fraction of sp³-hybridized carbons (Fsp3) is 0.917. The molecule has 0 saturated carbocycles. The second kappa shape index (κ2) is 6.33. The van der Waals surface area contributed by atoms with Crippen LogP contribution in [0.3, 0.4) is 0 Å². The average molecular weight is 245 g/mol. The molecule has 3 unspecified atom stereocenters. The van der Waals surface area contributed by atoms with Gasteiger partial charge < -0.3 is 19.9 Å². The second-order valence-corrected chi connectivity index (χ2v) is 5.03. The zero-order chi connectivity index (χ0) is 12.9. The molecule has 0 aliphatic carbocycles. The van der Waals surface area contributed by atoms with E-state index >= 15 is 0 Å². The topological polar surface area (TPSA) is 67.8 Å². The van der Waals surface area contributed by atoms with Gasteiger partial charge in [-0.2, -0.15) is 0 Å². The highest BCUT2D eigenvalue weighted by Crippen LogP contribution is 2.19. The van der Waals surface area contributed by atoms with Gasteiger partial charge in [-0.25, -0.2) is 0 Å². The van der Waals surface area contributed by atoms with Crippen LogP contribution in [0.4, 0.5) is 0 Å². The van der Waals surface area contributed by atoms with Gasteiger partial charge in [0.25, 0.3) is 0 Å². The first kappa shape index (κ1) is 14.4. The van der Waals surface area contributed by atoms with Gasteiger partial charge in [-0.1, -0.05) is 0 Å². The van der Waals surface area contributed by atoms with E-state index in [1.807, 2.05) is 6.92 Å². The third-order valence-electron chi connectivity index (χ3n) is 3.06. The largest absolute Gasteiger partial charge is 0.388 e. The monoisotopic (exact) mass is 245 g/mol. The summed E-state index contributed by atoms with van der Waals surface area (Å²) in [4.78, 5) is 11.8. The maximum atomic E-state index is 11.8. The van der Waals surface area contributed by atoms with Gasteiger partial charge in [0.05, 0.1) is 24.2 Å². The minimum absolute atomic E-state index is 0.0351. The van der Waals surface area contributed by atoms with Crippen LogP contribution in [0.25, 0.3) is 0 Å². The van der Waals surface area contributed by atoms with Gasteiger partial charge >= 0.3 is 0 Å². The van der Waals surface area contributed by atoms with E-state index < -0.39 is 5.60 Å². The molecule has 0 spiro atoms. The third-order valence-corrected chi connectivity index (χ3v) is 3.06. The molecular weight excluding hydrogens is 222 g/mol. The quantitative estimate of drug-likeness (QED) is 0.707. The van der Waals surface area contributed by atoms with Crippen LogP contribution in [-0.4, -0.2) is 49.6 Å². The Bertz CT molecular complexity index is 255. The molecule has 1 fully saturated rings. The van der Waals surface area contributed by atoms with Crippen molar-refractivity contribution in [2.75, 3.05) is 26.9 Å². The Morgan fingerprint density at radius 1 is 1.65 bits per heavy atom. The molecule has 1 aliphatic rings. The molecule has 0 aromatic carbocycles. The summed E-state index contributed by atoms with van der Waals surface area (Å²) >= 11 is 0. The van der Waals surface area contributed by atoms with Crippen LogP contribution >= 0.6 is 0 Å². The molecule has 100 valence electrons. The van der Waals surface area contributed by atoms with Crippen molar-refractivity contribution in [3.8, 4) is 0 Å². The average Bonchev–Trinajstić information content (AvgIpc) is 2.70. The molecule has 3 atom stereocenters. The van der Waals surface area contributed by atoms with Crippen LogP contribution in [0.15, 0.2) is 0 Å². The molecule has 5 heteroatoms. The summed E-state index contributed by atoms with van der Waals surface area (Å²) in [6.45, 7) is 4.86. The first-order chi connectivity index (χ1) is 7.94. The number of amides is 1. The Kier molecular flexibility index (Phi) is 5.36. The van der Waals surface area contributed by atoms with Crippen molar-refractivity contribution in [3.63, 3.8) is 0 Å². The molecule has 5 nitrogen and oxygen atoms in total. The normalized spacial score (nSPS) is 27.8. The molecule has 0 aromatic heterocycles. The van der Waals surface area contributed by atoms with Crippen molar-refractivity contribution in [1.82, 2.24) is 5.32 Å². The number of nitrogens with one attached hydrogen (secondary N) is 1. The maximum absolute atomic E-state index is 11.8. The SMILES string of the molecule is COCCC(C)(O)CNC(=O)C1COC(C)C1. The highest BCUT2D eigenvalue weighted by Gasteiger charge is 2.29. The number of hydrogen-bond donors (Lipinski definition) is 2. The molecule has 1 heterocycles. The van der Waals surface area contributed by atoms with Gasteiger partial charge in [0.15, 0.2) is 0 Å². The third kappa shape index (κ3) is 5.02. The Morgan fingerprint density at radius 3 is 2.88 bits per heavy atom. The van der Waals surface area contributed by atoms with Crippen LogP contribution in [0.5, 0.6) is 0 Å². The lowest BCUT2D eigenvalue weighted by molar-refractivity contribution is -0.126. The van der Waals surface area contributed by atoms with Gasteiger partial charge in [0.2, 0.25) is 5.91 Å². The zero-order valence-electron chi connectivity index (χ0n) is 10.9. The minimum Gasteiger partial charge on any atom is -0.388 e. The van der Waals surface area contributed by atoms with Crippen LogP contribution < -0.4 is 5.32 Å². The predicted octanol–water partition coefficient (Wildman–Crippen LogP) is 0.315. The van der Waals surface area contributed by atoms with Crippen molar-refractivity contribution in [2.45, 2.75) is 38.4 Å². The van der Waals surface area contributed by atoms with E-state index in [1.54, 1.807) is 14.0 Å². The van der Waals surface area contributed by atoms with Crippen LogP contribution in [0.1, 0.15) is 26.7 Å². The van der Waals surface area contributed by atoms with Crippen molar-refractivity contribution < 1.29 is 19.4 Å². The Labute approximate surface area is 102 Å². The van der Waals surface area contributed by atoms with E-state index in [-0.39, 0.29) is 24.5 Å². The van der Waals surface area contributed by atoms with Crippen molar-refractivity contribution in [1.29, 1.82) is 0 Å². The van der Waals surface area contributed by atoms with E-state index in [0.29, 0.717) is 19.6 Å². The lowest BCUT2D eigenvalue weighted by atomic mass is 10.0. The number of rotatable bonds is 6. The Hall–Kier alpha value is -0.650. The fourth-order valence-electron chi connectivity index (χ4n) is 1.83. The minimum atomic E-state index is -0.920. The van der Waals surface area contributed by atoms with E-state index in [9.17, 15) is 9.90 Å². The van der Waals surface area contributed by atoms with Crippen LogP contribution in [0, 0.1) is 5.92 Å². The Morgan fingerprint density at radius 2 is 2.35 bits per heavy atom. The van der Waals surface area contributed by atoms with Crippen LogP contribution in [-0.2, 0) is 14.3 Å². The molecule has 1 rings (SSSR count). The second-order valence-electron chi connectivity index (χ2n) is 5.03. The summed E-state index contributed by atoms with van der Waals surface area (Å²) in [5.41, 5.74) is -0.920. The molecule has 0 radical (unpaired) electrons. The Balaban J connectivity index is 2.27. The molecule has 1 saturated heterocycles. The van der Waals surface area contributed by atoms with Gasteiger partial charge in [0, 0.05) is 26.7 Å². The summed E-state index contributed by atoms with van der Waals surface area (Å²) < 4.78 is 10.2. The summed E-state index contributed by atoms with van der Waals surface area (Å²) in [7, 11) is 1.59. The number of carbonyl (C=O) groups is 1. The summed E-state index contributed by atoms with van der Waals surface area (Å²) in [6.07, 6.45) is 1.41. The van der Waals surface area contributed by atoms with E-state index in [2.05, 4.69) is 5.32 Å². The van der Waals surface area contributed by atoms with E-state index in [4.69, 9.17) is 9.47 Å². The van der Waals surface area contributed by atoms with E-state index in [0.717, 1.165) is 6.42 Å². The van der Waals surface area contributed by atoms with Crippen molar-refractivity contribution in [2.24, 2.45) is 5.92 Å². The number of ether oxygens (including phenoxy) is 2. The first-order valence-electron chi connectivity index (χ1n) is 6.05. The molecule has 2 N–H and O–H groups in total. The maximum Gasteiger partial charge on any atom is 0.225 e. The van der Waals surface area contributed by atoms with Gasteiger partial charge in [-0.05, 0) is 20.3 Å². The van der Waals surface area contributed by atoms with E-state index in [1.165, 1.54) is 0 Å². The summed E-state index contributed by atoms with van der Waals surface area (Å²) in [6, 6.07) is 0. The molecule has 1 aliphatic heterocycles. The predicted molar refractivity (Wildman–Crippen MR) is 63.6 cm³/mol. The van der Waals surface area contributed by atoms with Gasteiger partial charge in [-0.3, -0.25) is 4.79 Å².